The molecule has 0 saturated carbocycles. The molecule has 0 rings (SSSR count). The molecule has 0 bridgehead atoms. The first-order chi connectivity index (χ1) is 7.81. The second-order valence-corrected chi connectivity index (χ2v) is 6.78. The van der Waals surface area contributed by atoms with Crippen molar-refractivity contribution in [3.05, 3.63) is 0 Å². The minimum Gasteiger partial charge on any atom is -0.480 e. The number of hydrogen-bond donors (Lipinski definition) is 2. The third-order valence-corrected chi connectivity index (χ3v) is 4.24. The molecule has 0 saturated heterocycles. The van der Waals surface area contributed by atoms with Crippen molar-refractivity contribution < 1.29 is 9.90 Å². The highest BCUT2D eigenvalue weighted by atomic mass is 32.2. The highest BCUT2D eigenvalue weighted by Crippen LogP contribution is 2.24. The summed E-state index contributed by atoms with van der Waals surface area (Å²) in [4.78, 5) is 11.3. The first-order valence-electron chi connectivity index (χ1n) is 6.41. The van der Waals surface area contributed by atoms with E-state index in [0.29, 0.717) is 17.6 Å². The lowest BCUT2D eigenvalue weighted by atomic mass is 9.96. The molecule has 4 heteroatoms. The fraction of sp³-hybridized carbons (Fsp3) is 0.923. The van der Waals surface area contributed by atoms with Crippen LogP contribution in [0.4, 0.5) is 0 Å². The standard InChI is InChI=1S/C13H27NO2S/c1-6-7-14-13(5,12(15)16)8-11(4)17-9-10(2)3/h10-11,14H,6-9H2,1-5H3,(H,15,16). The minimum absolute atomic E-state index is 0.364. The van der Waals surface area contributed by atoms with Crippen LogP contribution in [-0.2, 0) is 4.79 Å². The summed E-state index contributed by atoms with van der Waals surface area (Å²) in [6.07, 6.45) is 1.62. The number of hydrogen-bond acceptors (Lipinski definition) is 3. The number of carbonyl (C=O) groups is 1. The summed E-state index contributed by atoms with van der Waals surface area (Å²) in [6, 6.07) is 0. The second kappa shape index (κ2) is 7.98. The predicted molar refractivity (Wildman–Crippen MR) is 75.7 cm³/mol. The van der Waals surface area contributed by atoms with Gasteiger partial charge >= 0.3 is 5.97 Å². The highest BCUT2D eigenvalue weighted by Gasteiger charge is 2.33. The molecule has 0 fully saturated rings. The summed E-state index contributed by atoms with van der Waals surface area (Å²) in [5.74, 6) is 0.995. The van der Waals surface area contributed by atoms with E-state index >= 15 is 0 Å². The lowest BCUT2D eigenvalue weighted by Gasteiger charge is -2.29. The van der Waals surface area contributed by atoms with E-state index in [1.807, 2.05) is 18.7 Å². The molecule has 0 aliphatic heterocycles. The van der Waals surface area contributed by atoms with E-state index in [1.165, 1.54) is 0 Å². The van der Waals surface area contributed by atoms with Gasteiger partial charge in [-0.3, -0.25) is 4.79 Å². The molecular formula is C13H27NO2S. The van der Waals surface area contributed by atoms with Crippen LogP contribution in [0.5, 0.6) is 0 Å². The van der Waals surface area contributed by atoms with Crippen molar-refractivity contribution in [1.29, 1.82) is 0 Å². The maximum atomic E-state index is 11.3. The smallest absolute Gasteiger partial charge is 0.323 e. The quantitative estimate of drug-likeness (QED) is 0.670. The van der Waals surface area contributed by atoms with E-state index in [0.717, 1.165) is 18.7 Å². The highest BCUT2D eigenvalue weighted by molar-refractivity contribution is 7.99. The molecule has 17 heavy (non-hydrogen) atoms. The second-order valence-electron chi connectivity index (χ2n) is 5.31. The van der Waals surface area contributed by atoms with E-state index in [9.17, 15) is 9.90 Å². The van der Waals surface area contributed by atoms with Gasteiger partial charge in [-0.25, -0.2) is 0 Å². The van der Waals surface area contributed by atoms with Gasteiger partial charge < -0.3 is 10.4 Å². The summed E-state index contributed by atoms with van der Waals surface area (Å²) < 4.78 is 0. The van der Waals surface area contributed by atoms with Crippen LogP contribution in [0.2, 0.25) is 0 Å². The molecule has 0 spiro atoms. The largest absolute Gasteiger partial charge is 0.480 e. The minimum atomic E-state index is -0.792. The molecule has 0 aliphatic carbocycles. The molecule has 102 valence electrons. The van der Waals surface area contributed by atoms with Crippen LogP contribution in [0, 0.1) is 5.92 Å². The van der Waals surface area contributed by atoms with Crippen LogP contribution >= 0.6 is 11.8 Å². The number of thioether (sulfide) groups is 1. The number of nitrogens with one attached hydrogen (secondary N) is 1. The van der Waals surface area contributed by atoms with Gasteiger partial charge in [0.25, 0.3) is 0 Å². The van der Waals surface area contributed by atoms with Crippen LogP contribution in [-0.4, -0.2) is 34.2 Å². The van der Waals surface area contributed by atoms with Gasteiger partial charge in [0.15, 0.2) is 0 Å². The van der Waals surface area contributed by atoms with Gasteiger partial charge in [0, 0.05) is 5.25 Å². The van der Waals surface area contributed by atoms with Gasteiger partial charge in [0.05, 0.1) is 0 Å². The number of rotatable bonds is 9. The Bertz CT molecular complexity index is 233. The van der Waals surface area contributed by atoms with Crippen LogP contribution in [0.15, 0.2) is 0 Å². The summed E-state index contributed by atoms with van der Waals surface area (Å²) >= 11 is 1.86. The Morgan fingerprint density at radius 2 is 2.00 bits per heavy atom. The van der Waals surface area contributed by atoms with E-state index in [1.54, 1.807) is 6.92 Å². The molecule has 0 aromatic rings. The van der Waals surface area contributed by atoms with Gasteiger partial charge in [-0.2, -0.15) is 11.8 Å². The molecule has 0 radical (unpaired) electrons. The van der Waals surface area contributed by atoms with Gasteiger partial charge in [0.1, 0.15) is 5.54 Å². The molecular weight excluding hydrogens is 234 g/mol. The molecule has 0 aromatic heterocycles. The van der Waals surface area contributed by atoms with Gasteiger partial charge in [-0.05, 0) is 38.0 Å². The molecule has 2 atom stereocenters. The fourth-order valence-corrected chi connectivity index (χ4v) is 2.79. The van der Waals surface area contributed by atoms with Crippen molar-refractivity contribution in [2.24, 2.45) is 5.92 Å². The molecule has 2 N–H and O–H groups in total. The zero-order valence-electron chi connectivity index (χ0n) is 11.7. The average molecular weight is 261 g/mol. The van der Waals surface area contributed by atoms with Crippen molar-refractivity contribution >= 4 is 17.7 Å². The summed E-state index contributed by atoms with van der Waals surface area (Å²) in [6.45, 7) is 11.1. The topological polar surface area (TPSA) is 49.3 Å². The zero-order chi connectivity index (χ0) is 13.5. The van der Waals surface area contributed by atoms with Gasteiger partial charge in [0.2, 0.25) is 0 Å². The van der Waals surface area contributed by atoms with Crippen molar-refractivity contribution in [3.63, 3.8) is 0 Å². The molecule has 0 heterocycles. The molecule has 2 unspecified atom stereocenters. The summed E-state index contributed by atoms with van der Waals surface area (Å²) in [5, 5.41) is 12.8. The Balaban J connectivity index is 4.28. The first kappa shape index (κ1) is 16.8. The van der Waals surface area contributed by atoms with Crippen molar-refractivity contribution in [2.45, 2.75) is 58.2 Å². The third-order valence-electron chi connectivity index (χ3n) is 2.65. The number of carboxylic acid groups (broad SMARTS) is 1. The van der Waals surface area contributed by atoms with Crippen LogP contribution < -0.4 is 5.32 Å². The van der Waals surface area contributed by atoms with E-state index in [2.05, 4.69) is 26.1 Å². The fourth-order valence-electron chi connectivity index (χ4n) is 1.63. The Hall–Kier alpha value is -0.220. The van der Waals surface area contributed by atoms with Gasteiger partial charge in [-0.15, -0.1) is 0 Å². The van der Waals surface area contributed by atoms with Crippen LogP contribution in [0.3, 0.4) is 0 Å². The molecule has 3 nitrogen and oxygen atoms in total. The molecule has 0 aliphatic rings. The third kappa shape index (κ3) is 6.94. The van der Waals surface area contributed by atoms with Crippen molar-refractivity contribution in [2.75, 3.05) is 12.3 Å². The van der Waals surface area contributed by atoms with Crippen molar-refractivity contribution in [3.8, 4) is 0 Å². The lowest BCUT2D eigenvalue weighted by molar-refractivity contribution is -0.144. The van der Waals surface area contributed by atoms with Crippen LogP contribution in [0.25, 0.3) is 0 Å². The van der Waals surface area contributed by atoms with Crippen molar-refractivity contribution in [1.82, 2.24) is 5.32 Å². The summed E-state index contributed by atoms with van der Waals surface area (Å²) in [5.41, 5.74) is -0.792. The Morgan fingerprint density at radius 1 is 1.41 bits per heavy atom. The number of carboxylic acids is 1. The number of aliphatic carboxylic acids is 1. The monoisotopic (exact) mass is 261 g/mol. The first-order valence-corrected chi connectivity index (χ1v) is 7.46. The maximum Gasteiger partial charge on any atom is 0.323 e. The Morgan fingerprint density at radius 3 is 2.41 bits per heavy atom. The lowest BCUT2D eigenvalue weighted by Crippen LogP contribution is -2.51. The average Bonchev–Trinajstić information content (AvgIpc) is 2.23. The normalized spacial score (nSPS) is 16.8. The Labute approximate surface area is 110 Å². The van der Waals surface area contributed by atoms with E-state index in [-0.39, 0.29) is 0 Å². The van der Waals surface area contributed by atoms with E-state index < -0.39 is 11.5 Å². The molecule has 0 amide bonds. The van der Waals surface area contributed by atoms with Crippen LogP contribution in [0.1, 0.15) is 47.5 Å². The predicted octanol–water partition coefficient (Wildman–Crippen LogP) is 3.00. The zero-order valence-corrected chi connectivity index (χ0v) is 12.6. The SMILES string of the molecule is CCCNC(C)(CC(C)SCC(C)C)C(=O)O. The summed E-state index contributed by atoms with van der Waals surface area (Å²) in [7, 11) is 0. The maximum absolute atomic E-state index is 11.3. The van der Waals surface area contributed by atoms with Gasteiger partial charge in [-0.1, -0.05) is 27.7 Å². The molecule has 0 aromatic carbocycles. The van der Waals surface area contributed by atoms with E-state index in [4.69, 9.17) is 0 Å². The Kier molecular flexibility index (Phi) is 7.88.